The van der Waals surface area contributed by atoms with Crippen LogP contribution in [0.25, 0.3) is 44.2 Å². The zero-order valence-electron chi connectivity index (χ0n) is 20.8. The number of anilines is 3. The van der Waals surface area contributed by atoms with Crippen molar-refractivity contribution in [2.24, 2.45) is 0 Å². The summed E-state index contributed by atoms with van der Waals surface area (Å²) in [6.07, 6.45) is 0. The molecule has 7 aromatic rings. The van der Waals surface area contributed by atoms with E-state index in [0.29, 0.717) is 0 Å². The van der Waals surface area contributed by atoms with Gasteiger partial charge < -0.3 is 9.32 Å². The lowest BCUT2D eigenvalue weighted by molar-refractivity contribution is 0.669. The second kappa shape index (κ2) is 9.42. The highest BCUT2D eigenvalue weighted by Gasteiger charge is 2.21. The zero-order valence-corrected chi connectivity index (χ0v) is 20.8. The monoisotopic (exact) mass is 487 g/mol. The molecule has 180 valence electrons. The number of hydrogen-bond donors (Lipinski definition) is 0. The fourth-order valence-electron chi connectivity index (χ4n) is 5.25. The maximum absolute atomic E-state index is 6.61. The standard InChI is InChI=1S/C36H25NO/c1-5-13-26(14-6-1)28-21-22-32-34(24-28)38-35-25-29(27-15-7-2-8-16-27)23-33(36(32)35)37(30-17-9-3-10-18-30)31-19-11-4-12-20-31/h1-25H. The molecule has 0 spiro atoms. The Kier molecular flexibility index (Phi) is 5.49. The van der Waals surface area contributed by atoms with Crippen molar-refractivity contribution >= 4 is 39.0 Å². The number of nitrogens with zero attached hydrogens (tertiary/aromatic N) is 1. The molecule has 2 heteroatoms. The zero-order chi connectivity index (χ0) is 25.3. The Balaban J connectivity index is 1.54. The molecule has 0 unspecified atom stereocenters. The van der Waals surface area contributed by atoms with Crippen LogP contribution in [0.4, 0.5) is 17.1 Å². The highest BCUT2D eigenvalue weighted by Crippen LogP contribution is 2.45. The number of benzene rings is 6. The van der Waals surface area contributed by atoms with Crippen molar-refractivity contribution in [3.8, 4) is 22.3 Å². The lowest BCUT2D eigenvalue weighted by atomic mass is 9.99. The molecule has 0 saturated carbocycles. The minimum atomic E-state index is 0.874. The average Bonchev–Trinajstić information content (AvgIpc) is 3.37. The molecule has 0 atom stereocenters. The van der Waals surface area contributed by atoms with Crippen LogP contribution in [0.15, 0.2) is 156 Å². The molecule has 0 aliphatic heterocycles. The van der Waals surface area contributed by atoms with E-state index >= 15 is 0 Å². The van der Waals surface area contributed by atoms with Crippen LogP contribution in [0.1, 0.15) is 0 Å². The van der Waals surface area contributed by atoms with Crippen LogP contribution in [0.5, 0.6) is 0 Å². The van der Waals surface area contributed by atoms with Crippen LogP contribution in [-0.4, -0.2) is 0 Å². The summed E-state index contributed by atoms with van der Waals surface area (Å²) in [7, 11) is 0. The largest absolute Gasteiger partial charge is 0.456 e. The SMILES string of the molecule is c1ccc(-c2ccc3c(c2)oc2cc(-c4ccccc4)cc(N(c4ccccc4)c4ccccc4)c23)cc1. The van der Waals surface area contributed by atoms with Crippen molar-refractivity contribution in [2.45, 2.75) is 0 Å². The Morgan fingerprint density at radius 2 is 0.895 bits per heavy atom. The number of rotatable bonds is 5. The Hall–Kier alpha value is -5.08. The Labute approximate surface area is 222 Å². The molecule has 0 N–H and O–H groups in total. The molecule has 0 amide bonds. The molecule has 7 rings (SSSR count). The summed E-state index contributed by atoms with van der Waals surface area (Å²) in [5, 5.41) is 2.21. The van der Waals surface area contributed by atoms with Gasteiger partial charge in [-0.15, -0.1) is 0 Å². The third kappa shape index (κ3) is 3.93. The average molecular weight is 488 g/mol. The van der Waals surface area contributed by atoms with Gasteiger partial charge >= 0.3 is 0 Å². The predicted molar refractivity (Wildman–Crippen MR) is 159 cm³/mol. The van der Waals surface area contributed by atoms with Crippen LogP contribution in [0.2, 0.25) is 0 Å². The fourth-order valence-corrected chi connectivity index (χ4v) is 5.25. The van der Waals surface area contributed by atoms with E-state index < -0.39 is 0 Å². The predicted octanol–water partition coefficient (Wildman–Crippen LogP) is 10.4. The highest BCUT2D eigenvalue weighted by molar-refractivity contribution is 6.15. The summed E-state index contributed by atoms with van der Waals surface area (Å²) in [6, 6.07) is 53.1. The van der Waals surface area contributed by atoms with E-state index in [0.717, 1.165) is 55.7 Å². The van der Waals surface area contributed by atoms with Crippen molar-refractivity contribution in [1.29, 1.82) is 0 Å². The van der Waals surface area contributed by atoms with Gasteiger partial charge in [-0.3, -0.25) is 0 Å². The molecule has 0 fully saturated rings. The summed E-state index contributed by atoms with van der Waals surface area (Å²) < 4.78 is 6.61. The summed E-state index contributed by atoms with van der Waals surface area (Å²) in [6.45, 7) is 0. The number of furan rings is 1. The van der Waals surface area contributed by atoms with Gasteiger partial charge in [-0.1, -0.05) is 103 Å². The van der Waals surface area contributed by atoms with E-state index in [1.165, 1.54) is 5.56 Å². The molecule has 0 saturated heterocycles. The first-order valence-electron chi connectivity index (χ1n) is 12.9. The molecule has 0 bridgehead atoms. The second-order valence-corrected chi connectivity index (χ2v) is 9.42. The van der Waals surface area contributed by atoms with E-state index in [2.05, 4.69) is 150 Å². The number of para-hydroxylation sites is 2. The summed E-state index contributed by atoms with van der Waals surface area (Å²) >= 11 is 0. The molecule has 0 radical (unpaired) electrons. The van der Waals surface area contributed by atoms with Crippen LogP contribution in [0.3, 0.4) is 0 Å². The van der Waals surface area contributed by atoms with Gasteiger partial charge in [-0.2, -0.15) is 0 Å². The quantitative estimate of drug-likeness (QED) is 0.240. The van der Waals surface area contributed by atoms with Crippen molar-refractivity contribution in [1.82, 2.24) is 0 Å². The fraction of sp³-hybridized carbons (Fsp3) is 0. The van der Waals surface area contributed by atoms with E-state index in [1.807, 2.05) is 6.07 Å². The molecule has 6 aromatic carbocycles. The third-order valence-corrected chi connectivity index (χ3v) is 7.04. The summed E-state index contributed by atoms with van der Waals surface area (Å²) in [5.41, 5.74) is 9.63. The van der Waals surface area contributed by atoms with Gasteiger partial charge in [0.25, 0.3) is 0 Å². The van der Waals surface area contributed by atoms with Gasteiger partial charge in [0.05, 0.1) is 11.1 Å². The third-order valence-electron chi connectivity index (χ3n) is 7.04. The Morgan fingerprint density at radius 1 is 0.395 bits per heavy atom. The van der Waals surface area contributed by atoms with Crippen molar-refractivity contribution < 1.29 is 4.42 Å². The second-order valence-electron chi connectivity index (χ2n) is 9.42. The van der Waals surface area contributed by atoms with Gasteiger partial charge in [0, 0.05) is 16.8 Å². The first kappa shape index (κ1) is 22.1. The maximum Gasteiger partial charge on any atom is 0.138 e. The first-order valence-corrected chi connectivity index (χ1v) is 12.9. The van der Waals surface area contributed by atoms with Gasteiger partial charge in [0.2, 0.25) is 0 Å². The van der Waals surface area contributed by atoms with Gasteiger partial charge in [-0.25, -0.2) is 0 Å². The van der Waals surface area contributed by atoms with Gasteiger partial charge in [-0.05, 0) is 70.8 Å². The smallest absolute Gasteiger partial charge is 0.138 e. The van der Waals surface area contributed by atoms with Crippen LogP contribution in [0, 0.1) is 0 Å². The van der Waals surface area contributed by atoms with E-state index in [-0.39, 0.29) is 0 Å². The topological polar surface area (TPSA) is 16.4 Å². The lowest BCUT2D eigenvalue weighted by Gasteiger charge is -2.26. The molecule has 1 heterocycles. The van der Waals surface area contributed by atoms with E-state index in [4.69, 9.17) is 4.42 Å². The summed E-state index contributed by atoms with van der Waals surface area (Å²) in [4.78, 5) is 2.33. The van der Waals surface area contributed by atoms with Crippen LogP contribution >= 0.6 is 0 Å². The van der Waals surface area contributed by atoms with Gasteiger partial charge in [0.1, 0.15) is 11.2 Å². The van der Waals surface area contributed by atoms with Crippen molar-refractivity contribution in [2.75, 3.05) is 4.90 Å². The number of fused-ring (bicyclic) bond motifs is 3. The molecule has 38 heavy (non-hydrogen) atoms. The highest BCUT2D eigenvalue weighted by atomic mass is 16.3. The molecular formula is C36H25NO. The number of hydrogen-bond acceptors (Lipinski definition) is 2. The summed E-state index contributed by atoms with van der Waals surface area (Å²) in [5.74, 6) is 0. The first-order chi connectivity index (χ1) is 18.8. The molecule has 2 nitrogen and oxygen atoms in total. The molecule has 1 aromatic heterocycles. The minimum absolute atomic E-state index is 0.874. The Morgan fingerprint density at radius 3 is 1.47 bits per heavy atom. The van der Waals surface area contributed by atoms with Crippen LogP contribution in [-0.2, 0) is 0 Å². The molecule has 0 aliphatic carbocycles. The normalized spacial score (nSPS) is 11.2. The van der Waals surface area contributed by atoms with Crippen LogP contribution < -0.4 is 4.90 Å². The van der Waals surface area contributed by atoms with Crippen molar-refractivity contribution in [3.63, 3.8) is 0 Å². The van der Waals surface area contributed by atoms with E-state index in [1.54, 1.807) is 0 Å². The van der Waals surface area contributed by atoms with Gasteiger partial charge in [0.15, 0.2) is 0 Å². The minimum Gasteiger partial charge on any atom is -0.456 e. The molecule has 0 aliphatic rings. The maximum atomic E-state index is 6.61. The van der Waals surface area contributed by atoms with Crippen molar-refractivity contribution in [3.05, 3.63) is 152 Å². The molecular weight excluding hydrogens is 462 g/mol. The Bertz CT molecular complexity index is 1800. The van der Waals surface area contributed by atoms with E-state index in [9.17, 15) is 0 Å². The lowest BCUT2D eigenvalue weighted by Crippen LogP contribution is -2.10.